The molecule has 0 saturated carbocycles. The molecule has 4 atom stereocenters. The number of fused-ring (bicyclic) bond motifs is 6. The zero-order valence-corrected chi connectivity index (χ0v) is 19.0. The van der Waals surface area contributed by atoms with Crippen molar-refractivity contribution < 1.29 is 9.53 Å². The fourth-order valence-corrected chi connectivity index (χ4v) is 6.16. The zero-order chi connectivity index (χ0) is 22.2. The van der Waals surface area contributed by atoms with Crippen molar-refractivity contribution in [1.29, 1.82) is 0 Å². The molecule has 0 N–H and O–H groups in total. The maximum Gasteiger partial charge on any atom is 0.151 e. The molecule has 0 radical (unpaired) electrons. The lowest BCUT2D eigenvalue weighted by Crippen LogP contribution is -2.32. The molecule has 0 aromatic heterocycles. The first-order chi connectivity index (χ1) is 16.3. The molecule has 2 nitrogen and oxygen atoms in total. The molecule has 1 heterocycles. The first kappa shape index (κ1) is 20.3. The van der Waals surface area contributed by atoms with E-state index in [9.17, 15) is 4.79 Å². The Kier molecular flexibility index (Phi) is 5.27. The highest BCUT2D eigenvalue weighted by Crippen LogP contribution is 2.44. The summed E-state index contributed by atoms with van der Waals surface area (Å²) in [5, 5.41) is 0.0694. The first-order valence-electron chi connectivity index (χ1n) is 11.4. The quantitative estimate of drug-likeness (QED) is 0.523. The van der Waals surface area contributed by atoms with E-state index >= 15 is 0 Å². The molecule has 2 aromatic carbocycles. The van der Waals surface area contributed by atoms with E-state index in [1.165, 1.54) is 10.5 Å². The third-order valence-corrected chi connectivity index (χ3v) is 7.88. The average molecular weight is 449 g/mol. The van der Waals surface area contributed by atoms with E-state index in [0.29, 0.717) is 6.61 Å². The molecule has 4 bridgehead atoms. The highest BCUT2D eigenvalue weighted by Gasteiger charge is 2.36. The molecule has 0 fully saturated rings. The number of carbonyl (C=O) groups excluding carboxylic acids is 1. The van der Waals surface area contributed by atoms with Crippen LogP contribution in [0.3, 0.4) is 0 Å². The maximum atomic E-state index is 13.3. The van der Waals surface area contributed by atoms with Gasteiger partial charge in [0.1, 0.15) is 12.4 Å². The molecule has 6 rings (SSSR count). The number of ketones is 1. The summed E-state index contributed by atoms with van der Waals surface area (Å²) in [7, 11) is 0. The topological polar surface area (TPSA) is 26.3 Å². The maximum absolute atomic E-state index is 13.3. The van der Waals surface area contributed by atoms with Crippen molar-refractivity contribution in [1.82, 2.24) is 0 Å². The van der Waals surface area contributed by atoms with Crippen molar-refractivity contribution in [2.75, 3.05) is 0 Å². The molecule has 4 unspecified atom stereocenters. The van der Waals surface area contributed by atoms with E-state index in [4.69, 9.17) is 4.74 Å². The van der Waals surface area contributed by atoms with Gasteiger partial charge in [-0.05, 0) is 34.4 Å². The van der Waals surface area contributed by atoms with Gasteiger partial charge in [-0.15, -0.1) is 11.8 Å². The third kappa shape index (κ3) is 3.87. The van der Waals surface area contributed by atoms with Crippen LogP contribution in [-0.2, 0) is 16.1 Å². The van der Waals surface area contributed by atoms with Crippen LogP contribution < -0.4 is 0 Å². The van der Waals surface area contributed by atoms with Gasteiger partial charge in [0, 0.05) is 16.7 Å². The molecular weight excluding hydrogens is 424 g/mol. The molecule has 4 aliphatic rings. The number of ether oxygens (including phenoxy) is 1. The minimum absolute atomic E-state index is 0.0613. The molecule has 0 spiro atoms. The monoisotopic (exact) mass is 448 g/mol. The van der Waals surface area contributed by atoms with Gasteiger partial charge in [-0.25, -0.2) is 0 Å². The summed E-state index contributed by atoms with van der Waals surface area (Å²) in [6, 6.07) is 18.8. The fraction of sp³-hybridized carbons (Fsp3) is 0.167. The Balaban J connectivity index is 1.46. The summed E-state index contributed by atoms with van der Waals surface area (Å²) < 4.78 is 6.50. The number of carbonyl (C=O) groups is 1. The fourth-order valence-electron chi connectivity index (χ4n) is 4.95. The van der Waals surface area contributed by atoms with E-state index in [0.717, 1.165) is 22.5 Å². The minimum atomic E-state index is -0.233. The summed E-state index contributed by atoms with van der Waals surface area (Å²) in [5.41, 5.74) is 4.66. The van der Waals surface area contributed by atoms with Crippen molar-refractivity contribution >= 4 is 23.1 Å². The number of benzene rings is 2. The first-order valence-corrected chi connectivity index (χ1v) is 12.3. The molecule has 0 saturated heterocycles. The lowest BCUT2D eigenvalue weighted by atomic mass is 9.71. The van der Waals surface area contributed by atoms with Gasteiger partial charge in [-0.2, -0.15) is 0 Å². The third-order valence-electron chi connectivity index (χ3n) is 6.65. The number of thioether (sulfide) groups is 1. The Morgan fingerprint density at radius 1 is 0.848 bits per heavy atom. The summed E-state index contributed by atoms with van der Waals surface area (Å²) in [6.45, 7) is 0.518. The van der Waals surface area contributed by atoms with Crippen molar-refractivity contribution in [3.8, 4) is 0 Å². The van der Waals surface area contributed by atoms with E-state index in [-0.39, 0.29) is 28.8 Å². The van der Waals surface area contributed by atoms with Crippen LogP contribution in [-0.4, -0.2) is 11.0 Å². The highest BCUT2D eigenvalue weighted by atomic mass is 32.2. The standard InChI is InChI=1S/C30H24O2S/c31-30-22-15-14-21-18-29(33-28-13-7-6-11-25(21)28)27(32-19-20-8-2-1-3-9-20)17-23(16-22)24-10-4-5-12-26(24)30/h1-18,22,24,26,29H,19H2/b15-14?,27-17+. The van der Waals surface area contributed by atoms with Gasteiger partial charge in [-0.1, -0.05) is 97.1 Å². The molecule has 3 aliphatic carbocycles. The van der Waals surface area contributed by atoms with Crippen LogP contribution in [0.25, 0.3) is 5.57 Å². The lowest BCUT2D eigenvalue weighted by Gasteiger charge is -2.33. The Hall–Kier alpha value is -3.30. The second-order valence-corrected chi connectivity index (χ2v) is 9.94. The Labute approximate surface area is 198 Å². The Morgan fingerprint density at radius 3 is 2.52 bits per heavy atom. The van der Waals surface area contributed by atoms with Crippen molar-refractivity contribution in [3.05, 3.63) is 132 Å². The average Bonchev–Trinajstić information content (AvgIpc) is 2.87. The van der Waals surface area contributed by atoms with E-state index < -0.39 is 0 Å². The van der Waals surface area contributed by atoms with Crippen LogP contribution in [0.5, 0.6) is 0 Å². The van der Waals surface area contributed by atoms with E-state index in [2.05, 4.69) is 78.9 Å². The largest absolute Gasteiger partial charge is 0.492 e. The summed E-state index contributed by atoms with van der Waals surface area (Å²) in [5.74, 6) is 0.906. The van der Waals surface area contributed by atoms with E-state index in [1.54, 1.807) is 0 Å². The molecule has 0 amide bonds. The number of Topliss-reactive ketones (excluding diaryl/α,β-unsaturated/α-hetero) is 1. The van der Waals surface area contributed by atoms with Crippen molar-refractivity contribution in [2.24, 2.45) is 17.8 Å². The van der Waals surface area contributed by atoms with Gasteiger partial charge in [0.15, 0.2) is 5.78 Å². The second-order valence-electron chi connectivity index (χ2n) is 8.75. The molecular formula is C30H24O2S. The smallest absolute Gasteiger partial charge is 0.151 e. The number of hydrogen-bond acceptors (Lipinski definition) is 3. The molecule has 2 aromatic rings. The number of hydrogen-bond donors (Lipinski definition) is 0. The summed E-state index contributed by atoms with van der Waals surface area (Å²) in [4.78, 5) is 14.5. The molecule has 3 heteroatoms. The minimum Gasteiger partial charge on any atom is -0.492 e. The summed E-state index contributed by atoms with van der Waals surface area (Å²) in [6.07, 6.45) is 19.1. The van der Waals surface area contributed by atoms with Crippen LogP contribution in [0, 0.1) is 17.8 Å². The van der Waals surface area contributed by atoms with Crippen molar-refractivity contribution in [3.63, 3.8) is 0 Å². The van der Waals surface area contributed by atoms with E-state index in [1.807, 2.05) is 42.1 Å². The SMILES string of the molecule is O=C1C2C=CC3=CC(Sc4ccccc43)/C(OCc3ccccc3)=C\C(=C2)C2C=CC=CC12. The second kappa shape index (κ2) is 8.57. The number of rotatable bonds is 3. The van der Waals surface area contributed by atoms with Crippen LogP contribution in [0.15, 0.2) is 126 Å². The molecule has 1 aliphatic heterocycles. The van der Waals surface area contributed by atoms with Gasteiger partial charge in [0.2, 0.25) is 0 Å². The Morgan fingerprint density at radius 2 is 1.64 bits per heavy atom. The van der Waals surface area contributed by atoms with Crippen LogP contribution in [0.2, 0.25) is 0 Å². The van der Waals surface area contributed by atoms with Crippen molar-refractivity contribution in [2.45, 2.75) is 16.8 Å². The number of allylic oxidation sites excluding steroid dienone is 10. The van der Waals surface area contributed by atoms with Gasteiger partial charge < -0.3 is 4.74 Å². The molecule has 33 heavy (non-hydrogen) atoms. The van der Waals surface area contributed by atoms with Crippen LogP contribution in [0.1, 0.15) is 11.1 Å². The normalized spacial score (nSPS) is 28.6. The summed E-state index contributed by atoms with van der Waals surface area (Å²) >= 11 is 1.83. The predicted molar refractivity (Wildman–Crippen MR) is 134 cm³/mol. The highest BCUT2D eigenvalue weighted by molar-refractivity contribution is 8.00. The Bertz CT molecular complexity index is 1280. The van der Waals surface area contributed by atoms with Gasteiger partial charge in [0.05, 0.1) is 11.2 Å². The van der Waals surface area contributed by atoms with Crippen LogP contribution in [0.4, 0.5) is 0 Å². The van der Waals surface area contributed by atoms with Gasteiger partial charge in [0.25, 0.3) is 0 Å². The van der Waals surface area contributed by atoms with Gasteiger partial charge >= 0.3 is 0 Å². The van der Waals surface area contributed by atoms with Crippen LogP contribution >= 0.6 is 11.8 Å². The lowest BCUT2D eigenvalue weighted by molar-refractivity contribution is -0.124. The van der Waals surface area contributed by atoms with Gasteiger partial charge in [-0.3, -0.25) is 4.79 Å². The zero-order valence-electron chi connectivity index (χ0n) is 18.1. The predicted octanol–water partition coefficient (Wildman–Crippen LogP) is 6.70. The molecule has 162 valence electrons.